The topological polar surface area (TPSA) is 91.2 Å². The zero-order chi connectivity index (χ0) is 8.97. The van der Waals surface area contributed by atoms with Gasteiger partial charge in [0.05, 0.1) is 13.2 Å². The number of nitrogens with zero attached hydrogens (tertiary/aromatic N) is 2. The van der Waals surface area contributed by atoms with E-state index >= 15 is 0 Å². The fourth-order valence-electron chi connectivity index (χ4n) is 0.613. The molecular weight excluding hydrogens is 162 g/mol. The third-order valence-electron chi connectivity index (χ3n) is 1.10. The smallest absolute Gasteiger partial charge is 0.397 e. The molecule has 0 radical (unpaired) electrons. The van der Waals surface area contributed by atoms with Crippen LogP contribution in [0, 0.1) is 0 Å². The fourth-order valence-corrected chi connectivity index (χ4v) is 0.613. The van der Waals surface area contributed by atoms with Crippen LogP contribution in [0.15, 0.2) is 4.52 Å². The van der Waals surface area contributed by atoms with Crippen molar-refractivity contribution in [1.82, 2.24) is 10.1 Å². The zero-order valence-electron chi connectivity index (χ0n) is 6.61. The van der Waals surface area contributed by atoms with Crippen molar-refractivity contribution in [3.05, 3.63) is 11.7 Å². The molecule has 12 heavy (non-hydrogen) atoms. The SMILES string of the molecule is CCOC(=O)c1nc(CN)no1. The van der Waals surface area contributed by atoms with E-state index in [1.165, 1.54) is 0 Å². The number of ether oxygens (including phenoxy) is 1. The van der Waals surface area contributed by atoms with E-state index in [1.54, 1.807) is 6.92 Å². The summed E-state index contributed by atoms with van der Waals surface area (Å²) in [6.07, 6.45) is 0. The summed E-state index contributed by atoms with van der Waals surface area (Å²) >= 11 is 0. The van der Waals surface area contributed by atoms with Crippen LogP contribution >= 0.6 is 0 Å². The number of carbonyl (C=O) groups excluding carboxylic acids is 1. The first-order chi connectivity index (χ1) is 5.77. The zero-order valence-corrected chi connectivity index (χ0v) is 6.61. The summed E-state index contributed by atoms with van der Waals surface area (Å²) in [4.78, 5) is 14.6. The quantitative estimate of drug-likeness (QED) is 0.628. The fraction of sp³-hybridized carbons (Fsp3) is 0.500. The van der Waals surface area contributed by atoms with Crippen molar-refractivity contribution in [3.8, 4) is 0 Å². The van der Waals surface area contributed by atoms with Crippen molar-refractivity contribution in [1.29, 1.82) is 0 Å². The highest BCUT2D eigenvalue weighted by atomic mass is 16.6. The first-order valence-electron chi connectivity index (χ1n) is 3.47. The second-order valence-corrected chi connectivity index (χ2v) is 1.94. The molecule has 66 valence electrons. The third kappa shape index (κ3) is 1.79. The molecule has 0 atom stereocenters. The van der Waals surface area contributed by atoms with Gasteiger partial charge >= 0.3 is 11.9 Å². The van der Waals surface area contributed by atoms with Gasteiger partial charge in [0.2, 0.25) is 0 Å². The number of esters is 1. The first kappa shape index (κ1) is 8.66. The lowest BCUT2D eigenvalue weighted by Crippen LogP contribution is -2.05. The Morgan fingerprint density at radius 3 is 3.00 bits per heavy atom. The molecule has 0 bridgehead atoms. The van der Waals surface area contributed by atoms with Crippen LogP contribution in [0.4, 0.5) is 0 Å². The van der Waals surface area contributed by atoms with Gasteiger partial charge in [-0.3, -0.25) is 0 Å². The second-order valence-electron chi connectivity index (χ2n) is 1.94. The number of aromatic nitrogens is 2. The van der Waals surface area contributed by atoms with Crippen molar-refractivity contribution in [2.75, 3.05) is 6.61 Å². The molecule has 1 aromatic heterocycles. The molecule has 0 amide bonds. The molecule has 6 heteroatoms. The largest absolute Gasteiger partial charge is 0.459 e. The van der Waals surface area contributed by atoms with E-state index in [1.807, 2.05) is 0 Å². The maximum Gasteiger partial charge on any atom is 0.397 e. The Morgan fingerprint density at radius 1 is 1.75 bits per heavy atom. The third-order valence-corrected chi connectivity index (χ3v) is 1.10. The van der Waals surface area contributed by atoms with Crippen LogP contribution in [0.2, 0.25) is 0 Å². The van der Waals surface area contributed by atoms with Gasteiger partial charge in [-0.15, -0.1) is 0 Å². The van der Waals surface area contributed by atoms with Gasteiger partial charge < -0.3 is 15.0 Å². The van der Waals surface area contributed by atoms with Gasteiger partial charge in [-0.1, -0.05) is 5.16 Å². The Balaban J connectivity index is 2.68. The number of hydrogen-bond donors (Lipinski definition) is 1. The van der Waals surface area contributed by atoms with Crippen LogP contribution in [0.1, 0.15) is 23.4 Å². The monoisotopic (exact) mass is 171 g/mol. The molecule has 0 aliphatic rings. The number of rotatable bonds is 3. The van der Waals surface area contributed by atoms with E-state index in [-0.39, 0.29) is 24.9 Å². The Kier molecular flexibility index (Phi) is 2.76. The van der Waals surface area contributed by atoms with Crippen LogP contribution in [-0.4, -0.2) is 22.7 Å². The van der Waals surface area contributed by atoms with Gasteiger partial charge in [-0.05, 0) is 6.92 Å². The minimum Gasteiger partial charge on any atom is -0.459 e. The van der Waals surface area contributed by atoms with Crippen molar-refractivity contribution >= 4 is 5.97 Å². The lowest BCUT2D eigenvalue weighted by molar-refractivity contribution is 0.0470. The van der Waals surface area contributed by atoms with E-state index in [2.05, 4.69) is 19.4 Å². The molecule has 0 aliphatic carbocycles. The minimum absolute atomic E-state index is 0.142. The average Bonchev–Trinajstić information content (AvgIpc) is 2.52. The molecule has 0 aliphatic heterocycles. The Hall–Kier alpha value is -1.43. The van der Waals surface area contributed by atoms with Gasteiger partial charge in [-0.25, -0.2) is 4.79 Å². The molecular formula is C6H9N3O3. The number of hydrogen-bond acceptors (Lipinski definition) is 6. The average molecular weight is 171 g/mol. The second kappa shape index (κ2) is 3.82. The molecule has 0 fully saturated rings. The molecule has 1 aromatic rings. The molecule has 0 unspecified atom stereocenters. The minimum atomic E-state index is -0.621. The highest BCUT2D eigenvalue weighted by Gasteiger charge is 2.14. The van der Waals surface area contributed by atoms with E-state index in [0.29, 0.717) is 0 Å². The van der Waals surface area contributed by atoms with Gasteiger partial charge in [0, 0.05) is 0 Å². The summed E-state index contributed by atoms with van der Waals surface area (Å²) in [6.45, 7) is 2.11. The maximum absolute atomic E-state index is 10.9. The molecule has 1 heterocycles. The van der Waals surface area contributed by atoms with E-state index < -0.39 is 5.97 Å². The summed E-state index contributed by atoms with van der Waals surface area (Å²) in [6, 6.07) is 0. The van der Waals surface area contributed by atoms with Crippen molar-refractivity contribution < 1.29 is 14.1 Å². The highest BCUT2D eigenvalue weighted by Crippen LogP contribution is 1.98. The lowest BCUT2D eigenvalue weighted by atomic mass is 10.6. The highest BCUT2D eigenvalue weighted by molar-refractivity contribution is 5.83. The van der Waals surface area contributed by atoms with Gasteiger partial charge in [0.1, 0.15) is 0 Å². The first-order valence-corrected chi connectivity index (χ1v) is 3.47. The van der Waals surface area contributed by atoms with Crippen LogP contribution in [0.3, 0.4) is 0 Å². The Morgan fingerprint density at radius 2 is 2.50 bits per heavy atom. The number of nitrogens with two attached hydrogens (primary N) is 1. The summed E-state index contributed by atoms with van der Waals surface area (Å²) in [5.74, 6) is -0.486. The van der Waals surface area contributed by atoms with E-state index in [9.17, 15) is 4.79 Å². The standard InChI is InChI=1S/C6H9N3O3/c1-2-11-6(10)5-8-4(3-7)9-12-5/h2-3,7H2,1H3. The van der Waals surface area contributed by atoms with E-state index in [0.717, 1.165) is 0 Å². The summed E-state index contributed by atoms with van der Waals surface area (Å²) in [5.41, 5.74) is 5.20. The molecule has 0 saturated heterocycles. The maximum atomic E-state index is 10.9. The molecule has 0 aromatic carbocycles. The number of carbonyl (C=O) groups is 1. The van der Waals surface area contributed by atoms with E-state index in [4.69, 9.17) is 5.73 Å². The molecule has 6 nitrogen and oxygen atoms in total. The molecule has 0 spiro atoms. The summed E-state index contributed by atoms with van der Waals surface area (Å²) in [7, 11) is 0. The van der Waals surface area contributed by atoms with Crippen LogP contribution in [0.5, 0.6) is 0 Å². The summed E-state index contributed by atoms with van der Waals surface area (Å²) in [5, 5.41) is 3.43. The van der Waals surface area contributed by atoms with Gasteiger partial charge in [-0.2, -0.15) is 4.98 Å². The van der Waals surface area contributed by atoms with Crippen molar-refractivity contribution in [2.24, 2.45) is 5.73 Å². The lowest BCUT2D eigenvalue weighted by Gasteiger charge is -1.93. The van der Waals surface area contributed by atoms with Crippen molar-refractivity contribution in [2.45, 2.75) is 13.5 Å². The van der Waals surface area contributed by atoms with Crippen LogP contribution < -0.4 is 5.73 Å². The Labute approximate surface area is 68.7 Å². The molecule has 1 rings (SSSR count). The van der Waals surface area contributed by atoms with Gasteiger partial charge in [0.15, 0.2) is 5.82 Å². The molecule has 0 saturated carbocycles. The molecule has 2 N–H and O–H groups in total. The summed E-state index contributed by atoms with van der Waals surface area (Å²) < 4.78 is 9.16. The predicted octanol–water partition coefficient (Wildman–Crippen LogP) is -0.295. The predicted molar refractivity (Wildman–Crippen MR) is 38.1 cm³/mol. The Bertz CT molecular complexity index is 271. The van der Waals surface area contributed by atoms with Crippen LogP contribution in [-0.2, 0) is 11.3 Å². The normalized spacial score (nSPS) is 9.83. The van der Waals surface area contributed by atoms with Gasteiger partial charge in [0.25, 0.3) is 0 Å². The van der Waals surface area contributed by atoms with Crippen molar-refractivity contribution in [3.63, 3.8) is 0 Å². The van der Waals surface area contributed by atoms with Crippen LogP contribution in [0.25, 0.3) is 0 Å².